The Morgan fingerprint density at radius 1 is 1.44 bits per heavy atom. The van der Waals surface area contributed by atoms with E-state index in [-0.39, 0.29) is 0 Å². The Labute approximate surface area is 115 Å². The lowest BCUT2D eigenvalue weighted by Crippen LogP contribution is -2.31. The molecule has 4 N–H and O–H groups in total. The summed E-state index contributed by atoms with van der Waals surface area (Å²) in [5.74, 6) is -0.397. The highest BCUT2D eigenvalue weighted by molar-refractivity contribution is 9.10. The van der Waals surface area contributed by atoms with Crippen molar-refractivity contribution in [2.75, 3.05) is 18.4 Å². The molecule has 0 aliphatic carbocycles. The number of nitrogens with one attached hydrogen (secondary N) is 2. The highest BCUT2D eigenvalue weighted by atomic mass is 79.9. The maximum Gasteiger partial charge on any atom is 0.250 e. The van der Waals surface area contributed by atoms with Gasteiger partial charge < -0.3 is 16.4 Å². The van der Waals surface area contributed by atoms with Crippen molar-refractivity contribution in [1.82, 2.24) is 5.32 Å². The van der Waals surface area contributed by atoms with E-state index < -0.39 is 5.91 Å². The SMILES string of the molecule is NC(=O)c1ccc(Br)cc1NC1CCCCNC1. The van der Waals surface area contributed by atoms with Gasteiger partial charge in [0, 0.05) is 22.7 Å². The first kappa shape index (κ1) is 13.4. The fourth-order valence-corrected chi connectivity index (χ4v) is 2.57. The summed E-state index contributed by atoms with van der Waals surface area (Å²) in [4.78, 5) is 11.4. The van der Waals surface area contributed by atoms with Crippen LogP contribution in [0.15, 0.2) is 22.7 Å². The normalized spacial score (nSPS) is 20.2. The second-order valence-corrected chi connectivity index (χ2v) is 5.51. The number of anilines is 1. The zero-order valence-electron chi connectivity index (χ0n) is 10.2. The van der Waals surface area contributed by atoms with E-state index >= 15 is 0 Å². The van der Waals surface area contributed by atoms with Gasteiger partial charge >= 0.3 is 0 Å². The van der Waals surface area contributed by atoms with Gasteiger partial charge in [-0.1, -0.05) is 22.4 Å². The molecule has 0 aromatic heterocycles. The van der Waals surface area contributed by atoms with Gasteiger partial charge in [0.2, 0.25) is 0 Å². The summed E-state index contributed by atoms with van der Waals surface area (Å²) in [5.41, 5.74) is 6.75. The van der Waals surface area contributed by atoms with Gasteiger partial charge in [-0.05, 0) is 37.6 Å². The monoisotopic (exact) mass is 311 g/mol. The van der Waals surface area contributed by atoms with E-state index in [4.69, 9.17) is 5.73 Å². The Kier molecular flexibility index (Phi) is 4.60. The van der Waals surface area contributed by atoms with Crippen molar-refractivity contribution >= 4 is 27.5 Å². The van der Waals surface area contributed by atoms with Crippen LogP contribution in [0.25, 0.3) is 0 Å². The quantitative estimate of drug-likeness (QED) is 0.801. The van der Waals surface area contributed by atoms with Gasteiger partial charge in [-0.15, -0.1) is 0 Å². The van der Waals surface area contributed by atoms with Gasteiger partial charge in [0.25, 0.3) is 5.91 Å². The lowest BCUT2D eigenvalue weighted by molar-refractivity contribution is 0.100. The number of amides is 1. The molecule has 1 aliphatic heterocycles. The zero-order valence-corrected chi connectivity index (χ0v) is 11.8. The number of hydrogen-bond acceptors (Lipinski definition) is 3. The molecular weight excluding hydrogens is 294 g/mol. The number of nitrogens with two attached hydrogens (primary N) is 1. The molecule has 0 bridgehead atoms. The molecule has 1 saturated heterocycles. The van der Waals surface area contributed by atoms with Crippen LogP contribution >= 0.6 is 15.9 Å². The molecule has 4 nitrogen and oxygen atoms in total. The van der Waals surface area contributed by atoms with Crippen molar-refractivity contribution in [2.24, 2.45) is 5.73 Å². The molecule has 18 heavy (non-hydrogen) atoms. The molecule has 1 aromatic rings. The fourth-order valence-electron chi connectivity index (χ4n) is 2.21. The third-order valence-corrected chi connectivity index (χ3v) is 3.65. The molecule has 0 radical (unpaired) electrons. The van der Waals surface area contributed by atoms with Crippen LogP contribution in [-0.4, -0.2) is 25.0 Å². The molecule has 1 atom stereocenters. The van der Waals surface area contributed by atoms with Crippen LogP contribution in [0.5, 0.6) is 0 Å². The van der Waals surface area contributed by atoms with Crippen molar-refractivity contribution in [3.8, 4) is 0 Å². The third-order valence-electron chi connectivity index (χ3n) is 3.15. The maximum atomic E-state index is 11.4. The summed E-state index contributed by atoms with van der Waals surface area (Å²) in [6.07, 6.45) is 3.52. The summed E-state index contributed by atoms with van der Waals surface area (Å²) >= 11 is 3.42. The number of halogens is 1. The average molecular weight is 312 g/mol. The predicted octanol–water partition coefficient (Wildman–Crippen LogP) is 2.10. The van der Waals surface area contributed by atoms with Crippen molar-refractivity contribution in [3.05, 3.63) is 28.2 Å². The van der Waals surface area contributed by atoms with E-state index in [9.17, 15) is 4.79 Å². The van der Waals surface area contributed by atoms with Crippen LogP contribution in [0, 0.1) is 0 Å². The number of primary amides is 1. The Hall–Kier alpha value is -1.07. The number of rotatable bonds is 3. The number of hydrogen-bond donors (Lipinski definition) is 3. The largest absolute Gasteiger partial charge is 0.380 e. The molecule has 1 aliphatic rings. The molecule has 1 aromatic carbocycles. The summed E-state index contributed by atoms with van der Waals surface area (Å²) in [6, 6.07) is 5.83. The zero-order chi connectivity index (χ0) is 13.0. The lowest BCUT2D eigenvalue weighted by Gasteiger charge is -2.19. The first-order valence-corrected chi connectivity index (χ1v) is 7.03. The van der Waals surface area contributed by atoms with Crippen molar-refractivity contribution in [2.45, 2.75) is 25.3 Å². The van der Waals surface area contributed by atoms with E-state index in [1.165, 1.54) is 12.8 Å². The van der Waals surface area contributed by atoms with Crippen molar-refractivity contribution < 1.29 is 4.79 Å². The predicted molar refractivity (Wildman–Crippen MR) is 76.8 cm³/mol. The van der Waals surface area contributed by atoms with Gasteiger partial charge in [-0.2, -0.15) is 0 Å². The molecule has 5 heteroatoms. The van der Waals surface area contributed by atoms with Crippen LogP contribution < -0.4 is 16.4 Å². The highest BCUT2D eigenvalue weighted by Gasteiger charge is 2.15. The summed E-state index contributed by atoms with van der Waals surface area (Å²) in [7, 11) is 0. The standard InChI is InChI=1S/C13H18BrN3O/c14-9-4-5-11(13(15)18)12(7-9)17-10-3-1-2-6-16-8-10/h4-5,7,10,16-17H,1-3,6,8H2,(H2,15,18). The summed E-state index contributed by atoms with van der Waals surface area (Å²) in [5, 5.41) is 6.81. The first-order valence-electron chi connectivity index (χ1n) is 6.23. The van der Waals surface area contributed by atoms with Crippen molar-refractivity contribution in [3.63, 3.8) is 0 Å². The molecule has 2 rings (SSSR count). The maximum absolute atomic E-state index is 11.4. The van der Waals surface area contributed by atoms with Gasteiger partial charge in [-0.25, -0.2) is 0 Å². The Morgan fingerprint density at radius 2 is 2.28 bits per heavy atom. The molecule has 98 valence electrons. The molecule has 1 unspecified atom stereocenters. The summed E-state index contributed by atoms with van der Waals surface area (Å²) in [6.45, 7) is 1.99. The smallest absolute Gasteiger partial charge is 0.250 e. The average Bonchev–Trinajstić information content (AvgIpc) is 2.57. The van der Waals surface area contributed by atoms with Gasteiger partial charge in [0.1, 0.15) is 0 Å². The number of carbonyl (C=O) groups is 1. The third kappa shape index (κ3) is 3.46. The molecule has 0 spiro atoms. The summed E-state index contributed by atoms with van der Waals surface area (Å²) < 4.78 is 0.941. The van der Waals surface area contributed by atoms with Crippen LogP contribution in [0.2, 0.25) is 0 Å². The Balaban J connectivity index is 2.15. The minimum absolute atomic E-state index is 0.347. The van der Waals surface area contributed by atoms with Crippen molar-refractivity contribution in [1.29, 1.82) is 0 Å². The van der Waals surface area contributed by atoms with E-state index in [0.29, 0.717) is 11.6 Å². The molecule has 1 amide bonds. The van der Waals surface area contributed by atoms with Crippen LogP contribution in [0.4, 0.5) is 5.69 Å². The molecule has 1 heterocycles. The molecule has 0 saturated carbocycles. The fraction of sp³-hybridized carbons (Fsp3) is 0.462. The molecular formula is C13H18BrN3O. The van der Waals surface area contributed by atoms with Gasteiger partial charge in [0.15, 0.2) is 0 Å². The second kappa shape index (κ2) is 6.20. The van der Waals surface area contributed by atoms with Crippen LogP contribution in [-0.2, 0) is 0 Å². The Bertz CT molecular complexity index is 428. The van der Waals surface area contributed by atoms with Crippen LogP contribution in [0.1, 0.15) is 29.6 Å². The molecule has 1 fully saturated rings. The number of benzene rings is 1. The Morgan fingerprint density at radius 3 is 3.06 bits per heavy atom. The van der Waals surface area contributed by atoms with Gasteiger partial charge in [0.05, 0.1) is 5.56 Å². The topological polar surface area (TPSA) is 67.2 Å². The number of carbonyl (C=O) groups excluding carboxylic acids is 1. The first-order chi connectivity index (χ1) is 8.66. The minimum atomic E-state index is -0.397. The van der Waals surface area contributed by atoms with Gasteiger partial charge in [-0.3, -0.25) is 4.79 Å². The lowest BCUT2D eigenvalue weighted by atomic mass is 10.1. The van der Waals surface area contributed by atoms with E-state index in [1.54, 1.807) is 6.07 Å². The minimum Gasteiger partial charge on any atom is -0.380 e. The van der Waals surface area contributed by atoms with E-state index in [0.717, 1.165) is 29.7 Å². The van der Waals surface area contributed by atoms with Crippen LogP contribution in [0.3, 0.4) is 0 Å². The second-order valence-electron chi connectivity index (χ2n) is 4.60. The van der Waals surface area contributed by atoms with E-state index in [1.807, 2.05) is 12.1 Å². The van der Waals surface area contributed by atoms with E-state index in [2.05, 4.69) is 26.6 Å². The highest BCUT2D eigenvalue weighted by Crippen LogP contribution is 2.23.